The number of amides is 1. The monoisotopic (exact) mass is 257 g/mol. The third kappa shape index (κ3) is 2.64. The second-order valence-corrected chi connectivity index (χ2v) is 4.94. The summed E-state index contributed by atoms with van der Waals surface area (Å²) >= 11 is 0. The molecule has 1 aliphatic heterocycles. The summed E-state index contributed by atoms with van der Waals surface area (Å²) in [5, 5.41) is 18.1. The predicted octanol–water partition coefficient (Wildman–Crippen LogP) is -0.293. The number of carboxylic acid groups (broad SMARTS) is 1. The molecule has 1 amide bonds. The predicted molar refractivity (Wildman–Crippen MR) is 61.9 cm³/mol. The van der Waals surface area contributed by atoms with E-state index in [-0.39, 0.29) is 18.6 Å². The molecule has 1 heterocycles. The summed E-state index contributed by atoms with van der Waals surface area (Å²) in [4.78, 5) is 25.0. The fourth-order valence-electron chi connectivity index (χ4n) is 2.82. The Morgan fingerprint density at radius 2 is 2.00 bits per heavy atom. The van der Waals surface area contributed by atoms with Gasteiger partial charge in [-0.05, 0) is 12.8 Å². The van der Waals surface area contributed by atoms with Gasteiger partial charge in [0.05, 0.1) is 31.2 Å². The van der Waals surface area contributed by atoms with Crippen molar-refractivity contribution in [3.05, 3.63) is 0 Å². The van der Waals surface area contributed by atoms with Gasteiger partial charge < -0.3 is 19.8 Å². The van der Waals surface area contributed by atoms with Crippen molar-refractivity contribution in [2.24, 2.45) is 11.8 Å². The Hall–Kier alpha value is -1.14. The molecule has 6 nitrogen and oxygen atoms in total. The topological polar surface area (TPSA) is 87.1 Å². The van der Waals surface area contributed by atoms with Crippen LogP contribution in [0.1, 0.15) is 19.3 Å². The summed E-state index contributed by atoms with van der Waals surface area (Å²) in [5.74, 6) is -1.92. The van der Waals surface area contributed by atoms with Crippen molar-refractivity contribution in [3.8, 4) is 0 Å². The molecule has 2 fully saturated rings. The largest absolute Gasteiger partial charge is 0.481 e. The highest BCUT2D eigenvalue weighted by atomic mass is 16.5. The summed E-state index contributed by atoms with van der Waals surface area (Å²) in [5.41, 5.74) is 0. The smallest absolute Gasteiger partial charge is 0.307 e. The summed E-state index contributed by atoms with van der Waals surface area (Å²) in [6.45, 7) is 1.13. The van der Waals surface area contributed by atoms with Crippen LogP contribution in [0.25, 0.3) is 0 Å². The Bertz CT molecular complexity index is 332. The molecule has 2 rings (SSSR count). The zero-order valence-electron chi connectivity index (χ0n) is 10.2. The average molecular weight is 257 g/mol. The average Bonchev–Trinajstić information content (AvgIpc) is 2.87. The third-order valence-electron chi connectivity index (χ3n) is 3.80. The lowest BCUT2D eigenvalue weighted by atomic mass is 9.94. The van der Waals surface area contributed by atoms with Crippen LogP contribution in [0.4, 0.5) is 0 Å². The third-order valence-corrected chi connectivity index (χ3v) is 3.80. The lowest BCUT2D eigenvalue weighted by Crippen LogP contribution is -2.49. The number of hydrogen-bond acceptors (Lipinski definition) is 4. The van der Waals surface area contributed by atoms with Crippen molar-refractivity contribution in [2.75, 3.05) is 26.3 Å². The van der Waals surface area contributed by atoms with E-state index < -0.39 is 17.8 Å². The second-order valence-electron chi connectivity index (χ2n) is 4.94. The minimum Gasteiger partial charge on any atom is -0.481 e. The van der Waals surface area contributed by atoms with E-state index in [1.165, 1.54) is 0 Å². The van der Waals surface area contributed by atoms with Crippen LogP contribution >= 0.6 is 0 Å². The molecule has 1 saturated carbocycles. The van der Waals surface area contributed by atoms with Gasteiger partial charge in [0, 0.05) is 13.1 Å². The Morgan fingerprint density at radius 3 is 2.67 bits per heavy atom. The highest BCUT2D eigenvalue weighted by molar-refractivity contribution is 5.85. The first-order chi connectivity index (χ1) is 8.63. The van der Waals surface area contributed by atoms with E-state index in [4.69, 9.17) is 14.9 Å². The van der Waals surface area contributed by atoms with Crippen molar-refractivity contribution in [1.29, 1.82) is 0 Å². The van der Waals surface area contributed by atoms with E-state index in [2.05, 4.69) is 0 Å². The molecular weight excluding hydrogens is 238 g/mol. The standard InChI is InChI=1S/C12H19NO5/c14-7-8-6-13(4-5-18-8)11(15)9-2-1-3-10(9)12(16)17/h8-10,14H,1-7H2,(H,16,17). The van der Waals surface area contributed by atoms with Crippen LogP contribution in [0, 0.1) is 11.8 Å². The summed E-state index contributed by atoms with van der Waals surface area (Å²) in [6, 6.07) is 0. The number of rotatable bonds is 3. The molecule has 3 unspecified atom stereocenters. The van der Waals surface area contributed by atoms with Gasteiger partial charge in [0.15, 0.2) is 0 Å². The van der Waals surface area contributed by atoms with Gasteiger partial charge in [0.1, 0.15) is 0 Å². The van der Waals surface area contributed by atoms with Crippen LogP contribution in [-0.2, 0) is 14.3 Å². The lowest BCUT2D eigenvalue weighted by molar-refractivity contribution is -0.153. The molecule has 0 spiro atoms. The quantitative estimate of drug-likeness (QED) is 0.725. The molecule has 1 aliphatic carbocycles. The van der Waals surface area contributed by atoms with Gasteiger partial charge >= 0.3 is 5.97 Å². The number of aliphatic hydroxyl groups is 1. The molecule has 0 radical (unpaired) electrons. The van der Waals surface area contributed by atoms with Crippen LogP contribution in [0.3, 0.4) is 0 Å². The molecular formula is C12H19NO5. The van der Waals surface area contributed by atoms with Crippen molar-refractivity contribution in [3.63, 3.8) is 0 Å². The molecule has 1 saturated heterocycles. The van der Waals surface area contributed by atoms with Crippen LogP contribution in [0.2, 0.25) is 0 Å². The molecule has 102 valence electrons. The number of aliphatic carboxylic acids is 1. The molecule has 6 heteroatoms. The van der Waals surface area contributed by atoms with Gasteiger partial charge in [-0.2, -0.15) is 0 Å². The number of ether oxygens (including phenoxy) is 1. The number of morpholine rings is 1. The SMILES string of the molecule is O=C(O)C1CCCC1C(=O)N1CCOC(CO)C1. The van der Waals surface area contributed by atoms with E-state index in [0.717, 1.165) is 6.42 Å². The zero-order valence-corrected chi connectivity index (χ0v) is 10.2. The maximum atomic E-state index is 12.3. The molecule has 0 aromatic carbocycles. The minimum atomic E-state index is -0.877. The lowest BCUT2D eigenvalue weighted by Gasteiger charge is -2.34. The first-order valence-corrected chi connectivity index (χ1v) is 6.37. The second kappa shape index (κ2) is 5.67. The van der Waals surface area contributed by atoms with Crippen LogP contribution in [0.15, 0.2) is 0 Å². The number of aliphatic hydroxyl groups excluding tert-OH is 1. The maximum absolute atomic E-state index is 12.3. The van der Waals surface area contributed by atoms with Crippen molar-refractivity contribution >= 4 is 11.9 Å². The van der Waals surface area contributed by atoms with Gasteiger partial charge in [-0.25, -0.2) is 0 Å². The normalized spacial score (nSPS) is 32.5. The van der Waals surface area contributed by atoms with E-state index in [9.17, 15) is 9.59 Å². The Morgan fingerprint density at radius 1 is 1.28 bits per heavy atom. The van der Waals surface area contributed by atoms with Crippen LogP contribution in [0.5, 0.6) is 0 Å². The maximum Gasteiger partial charge on any atom is 0.307 e. The molecule has 2 N–H and O–H groups in total. The van der Waals surface area contributed by atoms with Gasteiger partial charge in [-0.1, -0.05) is 6.42 Å². The van der Waals surface area contributed by atoms with Gasteiger partial charge in [-0.3, -0.25) is 9.59 Å². The zero-order chi connectivity index (χ0) is 13.1. The summed E-state index contributed by atoms with van der Waals surface area (Å²) in [7, 11) is 0. The van der Waals surface area contributed by atoms with Crippen molar-refractivity contribution in [1.82, 2.24) is 4.90 Å². The fourth-order valence-corrected chi connectivity index (χ4v) is 2.82. The Labute approximate surface area is 106 Å². The van der Waals surface area contributed by atoms with Crippen molar-refractivity contribution in [2.45, 2.75) is 25.4 Å². The molecule has 0 bridgehead atoms. The molecule has 18 heavy (non-hydrogen) atoms. The van der Waals surface area contributed by atoms with Gasteiger partial charge in [0.2, 0.25) is 5.91 Å². The molecule has 0 aromatic rings. The first-order valence-electron chi connectivity index (χ1n) is 6.37. The molecule has 2 aliphatic rings. The van der Waals surface area contributed by atoms with Crippen molar-refractivity contribution < 1.29 is 24.5 Å². The van der Waals surface area contributed by atoms with E-state index in [1.807, 2.05) is 0 Å². The van der Waals surface area contributed by atoms with Gasteiger partial charge in [-0.15, -0.1) is 0 Å². The van der Waals surface area contributed by atoms with E-state index >= 15 is 0 Å². The summed E-state index contributed by atoms with van der Waals surface area (Å²) in [6.07, 6.45) is 1.69. The Balaban J connectivity index is 1.99. The van der Waals surface area contributed by atoms with Gasteiger partial charge in [0.25, 0.3) is 0 Å². The Kier molecular flexibility index (Phi) is 4.19. The molecule has 3 atom stereocenters. The van der Waals surface area contributed by atoms with E-state index in [1.54, 1.807) is 4.90 Å². The van der Waals surface area contributed by atoms with Crippen LogP contribution in [-0.4, -0.2) is 59.4 Å². The number of carboxylic acids is 1. The summed E-state index contributed by atoms with van der Waals surface area (Å²) < 4.78 is 5.28. The number of carbonyl (C=O) groups is 2. The highest BCUT2D eigenvalue weighted by Gasteiger charge is 2.40. The van der Waals surface area contributed by atoms with Crippen LogP contribution < -0.4 is 0 Å². The highest BCUT2D eigenvalue weighted by Crippen LogP contribution is 2.33. The number of carbonyl (C=O) groups excluding carboxylic acids is 1. The van der Waals surface area contributed by atoms with E-state index in [0.29, 0.717) is 32.5 Å². The first kappa shape index (κ1) is 13.3. The number of hydrogen-bond donors (Lipinski definition) is 2. The molecule has 0 aromatic heterocycles. The minimum absolute atomic E-state index is 0.0957. The fraction of sp³-hybridized carbons (Fsp3) is 0.833. The number of nitrogens with zero attached hydrogens (tertiary/aromatic N) is 1.